The van der Waals surface area contributed by atoms with Crippen LogP contribution in [0.1, 0.15) is 20.3 Å². The number of carbonyl (C=O) groups is 1. The van der Waals surface area contributed by atoms with Crippen molar-refractivity contribution in [3.63, 3.8) is 0 Å². The zero-order valence-electron chi connectivity index (χ0n) is 6.69. The van der Waals surface area contributed by atoms with Gasteiger partial charge in [-0.15, -0.1) is 0 Å². The highest BCUT2D eigenvalue weighted by molar-refractivity contribution is 5.72. The van der Waals surface area contributed by atoms with Crippen LogP contribution in [-0.2, 0) is 4.79 Å². The molecule has 0 spiro atoms. The van der Waals surface area contributed by atoms with Crippen molar-refractivity contribution in [3.8, 4) is 0 Å². The van der Waals surface area contributed by atoms with Gasteiger partial charge >= 0.3 is 5.97 Å². The van der Waals surface area contributed by atoms with Crippen LogP contribution in [0, 0.1) is 5.92 Å². The van der Waals surface area contributed by atoms with Gasteiger partial charge in [0.05, 0.1) is 6.10 Å². The molecule has 4 nitrogen and oxygen atoms in total. The number of aliphatic hydroxyl groups is 2. The summed E-state index contributed by atoms with van der Waals surface area (Å²) in [5.41, 5.74) is 0. The molecule has 0 aliphatic rings. The van der Waals surface area contributed by atoms with Gasteiger partial charge in [0.25, 0.3) is 0 Å². The van der Waals surface area contributed by atoms with E-state index in [0.717, 1.165) is 0 Å². The summed E-state index contributed by atoms with van der Waals surface area (Å²) in [6, 6.07) is 0. The molecule has 0 fully saturated rings. The maximum Gasteiger partial charge on any atom is 0.332 e. The average molecular weight is 162 g/mol. The predicted molar refractivity (Wildman–Crippen MR) is 39.1 cm³/mol. The van der Waals surface area contributed by atoms with Crippen LogP contribution in [0.2, 0.25) is 0 Å². The fraction of sp³-hybridized carbons (Fsp3) is 0.857. The van der Waals surface area contributed by atoms with Gasteiger partial charge < -0.3 is 15.3 Å². The number of hydrogen-bond donors (Lipinski definition) is 3. The Labute approximate surface area is 65.5 Å². The van der Waals surface area contributed by atoms with E-state index in [1.165, 1.54) is 6.92 Å². The molecule has 0 radical (unpaired) electrons. The normalized spacial score (nSPS) is 18.9. The van der Waals surface area contributed by atoms with E-state index in [2.05, 4.69) is 0 Å². The quantitative estimate of drug-likeness (QED) is 0.536. The molecule has 0 unspecified atom stereocenters. The SMILES string of the molecule is CC[C@H](O)[C@H](C)[C@@H](O)C(=O)O. The van der Waals surface area contributed by atoms with Crippen LogP contribution in [0.5, 0.6) is 0 Å². The molecule has 11 heavy (non-hydrogen) atoms. The first kappa shape index (κ1) is 10.4. The highest BCUT2D eigenvalue weighted by Crippen LogP contribution is 2.11. The number of carboxylic acids is 1. The molecule has 0 aliphatic carbocycles. The Hall–Kier alpha value is -0.610. The third-order valence-corrected chi connectivity index (χ3v) is 1.78. The van der Waals surface area contributed by atoms with E-state index in [-0.39, 0.29) is 0 Å². The maximum atomic E-state index is 10.2. The molecule has 0 aromatic heterocycles. The second-order valence-electron chi connectivity index (χ2n) is 2.62. The molecule has 4 heteroatoms. The summed E-state index contributed by atoms with van der Waals surface area (Å²) in [5.74, 6) is -1.90. The van der Waals surface area contributed by atoms with Crippen LogP contribution in [0.25, 0.3) is 0 Å². The van der Waals surface area contributed by atoms with Crippen molar-refractivity contribution in [2.24, 2.45) is 5.92 Å². The van der Waals surface area contributed by atoms with Gasteiger partial charge in [-0.25, -0.2) is 4.79 Å². The number of aliphatic hydroxyl groups excluding tert-OH is 2. The first-order valence-electron chi connectivity index (χ1n) is 3.59. The van der Waals surface area contributed by atoms with E-state index in [0.29, 0.717) is 6.42 Å². The zero-order chi connectivity index (χ0) is 9.02. The molecule has 66 valence electrons. The van der Waals surface area contributed by atoms with Crippen molar-refractivity contribution >= 4 is 5.97 Å². The smallest absolute Gasteiger partial charge is 0.332 e. The third kappa shape index (κ3) is 2.86. The second kappa shape index (κ2) is 4.31. The molecule has 0 aromatic rings. The van der Waals surface area contributed by atoms with Crippen LogP contribution in [0.4, 0.5) is 0 Å². The summed E-state index contributed by atoms with van der Waals surface area (Å²) < 4.78 is 0. The van der Waals surface area contributed by atoms with Crippen molar-refractivity contribution in [1.29, 1.82) is 0 Å². The number of carboxylic acid groups (broad SMARTS) is 1. The van der Waals surface area contributed by atoms with Crippen LogP contribution < -0.4 is 0 Å². The largest absolute Gasteiger partial charge is 0.479 e. The van der Waals surface area contributed by atoms with Crippen molar-refractivity contribution in [1.82, 2.24) is 0 Å². The fourth-order valence-electron chi connectivity index (χ4n) is 0.807. The first-order valence-corrected chi connectivity index (χ1v) is 3.59. The average Bonchev–Trinajstić information content (AvgIpc) is 2.00. The Morgan fingerprint density at radius 3 is 2.18 bits per heavy atom. The topological polar surface area (TPSA) is 77.8 Å². The minimum Gasteiger partial charge on any atom is -0.479 e. The summed E-state index contributed by atoms with van der Waals surface area (Å²) in [6.45, 7) is 3.24. The fourth-order valence-corrected chi connectivity index (χ4v) is 0.807. The lowest BCUT2D eigenvalue weighted by molar-refractivity contribution is -0.151. The minimum absolute atomic E-state index is 0.450. The second-order valence-corrected chi connectivity index (χ2v) is 2.62. The monoisotopic (exact) mass is 162 g/mol. The van der Waals surface area contributed by atoms with E-state index in [1.54, 1.807) is 6.92 Å². The summed E-state index contributed by atoms with van der Waals surface area (Å²) in [5, 5.41) is 26.4. The lowest BCUT2D eigenvalue weighted by atomic mass is 9.96. The minimum atomic E-state index is -1.47. The van der Waals surface area contributed by atoms with Crippen molar-refractivity contribution in [2.45, 2.75) is 32.5 Å². The standard InChI is InChI=1S/C7H14O4/c1-3-5(8)4(2)6(9)7(10)11/h4-6,8-9H,3H2,1-2H3,(H,10,11)/t4-,5-,6+/m0/s1. The zero-order valence-corrected chi connectivity index (χ0v) is 6.69. The molecule has 0 bridgehead atoms. The van der Waals surface area contributed by atoms with Gasteiger partial charge in [-0.1, -0.05) is 13.8 Å². The number of hydrogen-bond acceptors (Lipinski definition) is 3. The van der Waals surface area contributed by atoms with Crippen LogP contribution in [0.15, 0.2) is 0 Å². The molecule has 0 aromatic carbocycles. The van der Waals surface area contributed by atoms with Gasteiger partial charge in [0.1, 0.15) is 0 Å². The van der Waals surface area contributed by atoms with E-state index >= 15 is 0 Å². The summed E-state index contributed by atoms with van der Waals surface area (Å²) >= 11 is 0. The van der Waals surface area contributed by atoms with E-state index in [4.69, 9.17) is 15.3 Å². The molecule has 0 rings (SSSR count). The van der Waals surface area contributed by atoms with E-state index in [1.807, 2.05) is 0 Å². The van der Waals surface area contributed by atoms with E-state index < -0.39 is 24.1 Å². The van der Waals surface area contributed by atoms with Gasteiger partial charge in [-0.05, 0) is 6.42 Å². The molecule has 0 heterocycles. The third-order valence-electron chi connectivity index (χ3n) is 1.78. The van der Waals surface area contributed by atoms with Crippen molar-refractivity contribution < 1.29 is 20.1 Å². The Morgan fingerprint density at radius 2 is 1.91 bits per heavy atom. The molecular weight excluding hydrogens is 148 g/mol. The van der Waals surface area contributed by atoms with Gasteiger partial charge in [-0.3, -0.25) is 0 Å². The maximum absolute atomic E-state index is 10.2. The molecule has 0 saturated carbocycles. The summed E-state index contributed by atoms with van der Waals surface area (Å²) in [6.07, 6.45) is -1.77. The molecule has 0 amide bonds. The molecule has 3 N–H and O–H groups in total. The first-order chi connectivity index (χ1) is 5.00. The van der Waals surface area contributed by atoms with Crippen LogP contribution >= 0.6 is 0 Å². The Bertz CT molecular complexity index is 134. The Kier molecular flexibility index (Phi) is 4.07. The number of rotatable bonds is 4. The molecule has 0 aliphatic heterocycles. The van der Waals surface area contributed by atoms with Gasteiger partial charge in [0.15, 0.2) is 6.10 Å². The van der Waals surface area contributed by atoms with Gasteiger partial charge in [-0.2, -0.15) is 0 Å². The summed E-state index contributed by atoms with van der Waals surface area (Å²) in [4.78, 5) is 10.2. The lowest BCUT2D eigenvalue weighted by Gasteiger charge is -2.19. The van der Waals surface area contributed by atoms with Crippen LogP contribution in [0.3, 0.4) is 0 Å². The van der Waals surface area contributed by atoms with Gasteiger partial charge in [0, 0.05) is 5.92 Å². The van der Waals surface area contributed by atoms with Crippen molar-refractivity contribution in [3.05, 3.63) is 0 Å². The molecular formula is C7H14O4. The van der Waals surface area contributed by atoms with Crippen LogP contribution in [-0.4, -0.2) is 33.5 Å². The predicted octanol–water partition coefficient (Wildman–Crippen LogP) is -0.161. The Morgan fingerprint density at radius 1 is 1.45 bits per heavy atom. The molecule has 3 atom stereocenters. The lowest BCUT2D eigenvalue weighted by Crippen LogP contribution is -2.34. The van der Waals surface area contributed by atoms with Gasteiger partial charge in [0.2, 0.25) is 0 Å². The van der Waals surface area contributed by atoms with E-state index in [9.17, 15) is 4.79 Å². The summed E-state index contributed by atoms with van der Waals surface area (Å²) in [7, 11) is 0. The highest BCUT2D eigenvalue weighted by Gasteiger charge is 2.26. The number of aliphatic carboxylic acids is 1. The molecule has 0 saturated heterocycles. The highest BCUT2D eigenvalue weighted by atomic mass is 16.4. The Balaban J connectivity index is 4.00. The van der Waals surface area contributed by atoms with Crippen molar-refractivity contribution in [2.75, 3.05) is 0 Å².